The summed E-state index contributed by atoms with van der Waals surface area (Å²) in [5.41, 5.74) is 8.48. The summed E-state index contributed by atoms with van der Waals surface area (Å²) < 4.78 is 0. The molecule has 1 aromatic heterocycles. The van der Waals surface area contributed by atoms with Gasteiger partial charge in [-0.15, -0.1) is 0 Å². The van der Waals surface area contributed by atoms with Gasteiger partial charge in [-0.1, -0.05) is 42.0 Å². The van der Waals surface area contributed by atoms with Gasteiger partial charge in [-0.05, 0) is 36.4 Å². The molecule has 0 amide bonds. The number of halogens is 1. The van der Waals surface area contributed by atoms with Gasteiger partial charge < -0.3 is 5.73 Å². The van der Waals surface area contributed by atoms with Crippen LogP contribution in [-0.2, 0) is 13.1 Å². The van der Waals surface area contributed by atoms with Gasteiger partial charge in [0.25, 0.3) is 0 Å². The SMILES string of the molecule is CN(Cc1ccnc(C(N)=S)c1)Cc1ccccc1Cl. The van der Waals surface area contributed by atoms with E-state index in [-0.39, 0.29) is 0 Å². The predicted molar refractivity (Wildman–Crippen MR) is 86.7 cm³/mol. The molecule has 0 aliphatic heterocycles. The monoisotopic (exact) mass is 305 g/mol. The van der Waals surface area contributed by atoms with E-state index in [1.807, 2.05) is 43.4 Å². The van der Waals surface area contributed by atoms with Gasteiger partial charge in [-0.2, -0.15) is 0 Å². The molecular weight excluding hydrogens is 290 g/mol. The molecule has 3 nitrogen and oxygen atoms in total. The Morgan fingerprint density at radius 2 is 2.05 bits per heavy atom. The smallest absolute Gasteiger partial charge is 0.122 e. The van der Waals surface area contributed by atoms with Crippen LogP contribution in [0.25, 0.3) is 0 Å². The number of nitrogens with two attached hydrogens (primary N) is 1. The molecule has 2 N–H and O–H groups in total. The van der Waals surface area contributed by atoms with Gasteiger partial charge in [0.1, 0.15) is 4.99 Å². The summed E-state index contributed by atoms with van der Waals surface area (Å²) in [6, 6.07) is 11.7. The third kappa shape index (κ3) is 4.00. The van der Waals surface area contributed by atoms with E-state index in [4.69, 9.17) is 29.6 Å². The molecule has 0 saturated heterocycles. The van der Waals surface area contributed by atoms with E-state index in [1.54, 1.807) is 6.20 Å². The molecule has 0 atom stereocenters. The third-order valence-corrected chi connectivity index (χ3v) is 3.51. The minimum absolute atomic E-state index is 0.320. The number of thiocarbonyl (C=S) groups is 1. The number of hydrogen-bond donors (Lipinski definition) is 1. The lowest BCUT2D eigenvalue weighted by Crippen LogP contribution is -2.18. The fraction of sp³-hybridized carbons (Fsp3) is 0.200. The standard InChI is InChI=1S/C15H16ClN3S/c1-19(10-12-4-2-3-5-13(12)16)9-11-6-7-18-14(8-11)15(17)20/h2-8H,9-10H2,1H3,(H2,17,20). The Morgan fingerprint density at radius 1 is 1.30 bits per heavy atom. The molecular formula is C15H16ClN3S. The first-order valence-corrected chi connectivity index (χ1v) is 7.01. The number of aromatic nitrogens is 1. The van der Waals surface area contributed by atoms with Gasteiger partial charge in [0.2, 0.25) is 0 Å². The van der Waals surface area contributed by atoms with E-state index >= 15 is 0 Å². The van der Waals surface area contributed by atoms with Crippen LogP contribution in [0, 0.1) is 0 Å². The van der Waals surface area contributed by atoms with Crippen molar-refractivity contribution in [3.63, 3.8) is 0 Å². The minimum Gasteiger partial charge on any atom is -0.388 e. The molecule has 2 rings (SSSR count). The van der Waals surface area contributed by atoms with Crippen molar-refractivity contribution in [2.45, 2.75) is 13.1 Å². The molecule has 104 valence electrons. The van der Waals surface area contributed by atoms with Crippen molar-refractivity contribution in [2.24, 2.45) is 5.73 Å². The Morgan fingerprint density at radius 3 is 2.75 bits per heavy atom. The zero-order valence-electron chi connectivity index (χ0n) is 11.2. The van der Waals surface area contributed by atoms with Crippen LogP contribution in [0.5, 0.6) is 0 Å². The number of hydrogen-bond acceptors (Lipinski definition) is 3. The maximum Gasteiger partial charge on any atom is 0.122 e. The molecule has 0 radical (unpaired) electrons. The van der Waals surface area contributed by atoms with Crippen molar-refractivity contribution < 1.29 is 0 Å². The van der Waals surface area contributed by atoms with E-state index < -0.39 is 0 Å². The molecule has 2 aromatic rings. The molecule has 0 fully saturated rings. The second-order valence-corrected chi connectivity index (χ2v) is 5.52. The largest absolute Gasteiger partial charge is 0.388 e. The van der Waals surface area contributed by atoms with E-state index in [0.717, 1.165) is 29.2 Å². The second-order valence-electron chi connectivity index (χ2n) is 4.68. The van der Waals surface area contributed by atoms with Crippen molar-refractivity contribution in [2.75, 3.05) is 7.05 Å². The number of benzene rings is 1. The quantitative estimate of drug-likeness (QED) is 0.862. The van der Waals surface area contributed by atoms with Crippen LogP contribution in [0.3, 0.4) is 0 Å². The maximum absolute atomic E-state index is 6.17. The molecule has 0 unspecified atom stereocenters. The van der Waals surface area contributed by atoms with Crippen LogP contribution in [0.2, 0.25) is 5.02 Å². The van der Waals surface area contributed by atoms with Crippen molar-refractivity contribution >= 4 is 28.8 Å². The van der Waals surface area contributed by atoms with Gasteiger partial charge in [-0.25, -0.2) is 0 Å². The van der Waals surface area contributed by atoms with Crippen molar-refractivity contribution in [3.05, 3.63) is 64.4 Å². The summed E-state index contributed by atoms with van der Waals surface area (Å²) in [4.78, 5) is 6.64. The van der Waals surface area contributed by atoms with Crippen LogP contribution < -0.4 is 5.73 Å². The van der Waals surface area contributed by atoms with Crippen LogP contribution >= 0.6 is 23.8 Å². The normalized spacial score (nSPS) is 10.8. The highest BCUT2D eigenvalue weighted by molar-refractivity contribution is 7.80. The average Bonchev–Trinajstić information content (AvgIpc) is 2.41. The van der Waals surface area contributed by atoms with Crippen LogP contribution in [0.1, 0.15) is 16.8 Å². The fourth-order valence-electron chi connectivity index (χ4n) is 1.99. The number of nitrogens with zero attached hydrogens (tertiary/aromatic N) is 2. The molecule has 1 aromatic carbocycles. The Bertz CT molecular complexity index is 616. The van der Waals surface area contributed by atoms with Gasteiger partial charge in [0.15, 0.2) is 0 Å². The topological polar surface area (TPSA) is 42.2 Å². The Kier molecular flexibility index (Phi) is 5.06. The zero-order valence-corrected chi connectivity index (χ0v) is 12.8. The zero-order chi connectivity index (χ0) is 14.5. The fourth-order valence-corrected chi connectivity index (χ4v) is 2.30. The van der Waals surface area contributed by atoms with Crippen LogP contribution in [0.15, 0.2) is 42.6 Å². The number of rotatable bonds is 5. The molecule has 0 bridgehead atoms. The van der Waals surface area contributed by atoms with Gasteiger partial charge in [-0.3, -0.25) is 9.88 Å². The molecule has 0 saturated carbocycles. The van der Waals surface area contributed by atoms with Crippen LogP contribution in [-0.4, -0.2) is 21.9 Å². The molecule has 0 spiro atoms. The lowest BCUT2D eigenvalue weighted by molar-refractivity contribution is 0.319. The van der Waals surface area contributed by atoms with Crippen molar-refractivity contribution in [1.82, 2.24) is 9.88 Å². The Hall–Kier alpha value is -1.49. The van der Waals surface area contributed by atoms with Gasteiger partial charge in [0.05, 0.1) is 5.69 Å². The summed E-state index contributed by atoms with van der Waals surface area (Å²) in [6.07, 6.45) is 1.73. The molecule has 0 aliphatic rings. The average molecular weight is 306 g/mol. The second kappa shape index (κ2) is 6.79. The Labute approximate surface area is 129 Å². The summed E-state index contributed by atoms with van der Waals surface area (Å²) >= 11 is 11.1. The number of pyridine rings is 1. The van der Waals surface area contributed by atoms with Gasteiger partial charge in [0, 0.05) is 24.3 Å². The van der Waals surface area contributed by atoms with Crippen molar-refractivity contribution in [1.29, 1.82) is 0 Å². The molecule has 20 heavy (non-hydrogen) atoms. The van der Waals surface area contributed by atoms with Gasteiger partial charge >= 0.3 is 0 Å². The Balaban J connectivity index is 2.05. The molecule has 1 heterocycles. The van der Waals surface area contributed by atoms with Crippen molar-refractivity contribution in [3.8, 4) is 0 Å². The first-order valence-electron chi connectivity index (χ1n) is 6.23. The highest BCUT2D eigenvalue weighted by Crippen LogP contribution is 2.17. The highest BCUT2D eigenvalue weighted by atomic mass is 35.5. The first kappa shape index (κ1) is 14.9. The van der Waals surface area contributed by atoms with E-state index in [9.17, 15) is 0 Å². The summed E-state index contributed by atoms with van der Waals surface area (Å²) in [5.74, 6) is 0. The third-order valence-electron chi connectivity index (χ3n) is 2.93. The maximum atomic E-state index is 6.17. The predicted octanol–water partition coefficient (Wildman–Crippen LogP) is 3.00. The summed E-state index contributed by atoms with van der Waals surface area (Å²) in [7, 11) is 2.05. The van der Waals surface area contributed by atoms with E-state index in [0.29, 0.717) is 10.7 Å². The first-order chi connectivity index (χ1) is 9.56. The summed E-state index contributed by atoms with van der Waals surface area (Å²) in [5, 5.41) is 0.790. The van der Waals surface area contributed by atoms with E-state index in [2.05, 4.69) is 9.88 Å². The highest BCUT2D eigenvalue weighted by Gasteiger charge is 2.06. The lowest BCUT2D eigenvalue weighted by Gasteiger charge is -2.17. The lowest BCUT2D eigenvalue weighted by atomic mass is 10.2. The molecule has 0 aliphatic carbocycles. The van der Waals surface area contributed by atoms with E-state index in [1.165, 1.54) is 0 Å². The minimum atomic E-state index is 0.320. The van der Waals surface area contributed by atoms with Crippen LogP contribution in [0.4, 0.5) is 0 Å². The molecule has 5 heteroatoms. The summed E-state index contributed by atoms with van der Waals surface area (Å²) in [6.45, 7) is 1.56.